The highest BCUT2D eigenvalue weighted by Gasteiger charge is 2.47. The van der Waals surface area contributed by atoms with E-state index in [1.807, 2.05) is 13.2 Å². The minimum atomic E-state index is -0.575. The third kappa shape index (κ3) is 3.63. The van der Waals surface area contributed by atoms with E-state index in [1.165, 1.54) is 17.3 Å². The normalized spacial score (nSPS) is 20.2. The topological polar surface area (TPSA) is 38.3 Å². The maximum atomic E-state index is 13.0. The number of amides is 1. The van der Waals surface area contributed by atoms with Gasteiger partial charge < -0.3 is 10.1 Å². The molecule has 0 spiro atoms. The summed E-state index contributed by atoms with van der Waals surface area (Å²) in [6, 6.07) is 4.27. The Kier molecular flexibility index (Phi) is 6.00. The van der Waals surface area contributed by atoms with E-state index >= 15 is 0 Å². The molecule has 136 valence electrons. The quantitative estimate of drug-likeness (QED) is 0.766. The van der Waals surface area contributed by atoms with Gasteiger partial charge in [0, 0.05) is 0 Å². The van der Waals surface area contributed by atoms with Gasteiger partial charge in [-0.05, 0) is 68.3 Å². The largest absolute Gasteiger partial charge is 0.441 e. The van der Waals surface area contributed by atoms with Gasteiger partial charge in [0.05, 0.1) is 11.1 Å². The van der Waals surface area contributed by atoms with Crippen LogP contribution >= 0.6 is 24.0 Å². The van der Waals surface area contributed by atoms with Crippen molar-refractivity contribution in [3.8, 4) is 0 Å². The maximum absolute atomic E-state index is 13.0. The van der Waals surface area contributed by atoms with Crippen LogP contribution in [0.5, 0.6) is 0 Å². The SMILES string of the molecule is CCc1cc(C)cc(C)c1C1=C(OC(=S)SC)C(C)(C(C)C)NC1=O. The number of hydrogen-bond donors (Lipinski definition) is 1. The van der Waals surface area contributed by atoms with Gasteiger partial charge in [-0.15, -0.1) is 0 Å². The van der Waals surface area contributed by atoms with Gasteiger partial charge >= 0.3 is 0 Å². The minimum Gasteiger partial charge on any atom is -0.441 e. The van der Waals surface area contributed by atoms with E-state index < -0.39 is 5.54 Å². The highest BCUT2D eigenvalue weighted by Crippen LogP contribution is 2.41. The van der Waals surface area contributed by atoms with Gasteiger partial charge in [-0.1, -0.05) is 50.2 Å². The van der Waals surface area contributed by atoms with Gasteiger partial charge in [-0.25, -0.2) is 0 Å². The Morgan fingerprint density at radius 3 is 2.52 bits per heavy atom. The molecule has 0 aliphatic carbocycles. The number of rotatable bonds is 4. The fraction of sp³-hybridized carbons (Fsp3) is 0.500. The molecule has 5 heteroatoms. The van der Waals surface area contributed by atoms with Gasteiger partial charge in [0.25, 0.3) is 5.91 Å². The van der Waals surface area contributed by atoms with Crippen LogP contribution in [0.1, 0.15) is 49.9 Å². The summed E-state index contributed by atoms with van der Waals surface area (Å²) >= 11 is 6.68. The Morgan fingerprint density at radius 2 is 2.00 bits per heavy atom. The van der Waals surface area contributed by atoms with E-state index in [1.54, 1.807) is 0 Å². The number of carbonyl (C=O) groups is 1. The zero-order chi connectivity index (χ0) is 18.9. The van der Waals surface area contributed by atoms with Gasteiger partial charge in [-0.3, -0.25) is 4.79 Å². The summed E-state index contributed by atoms with van der Waals surface area (Å²) in [5.41, 5.74) is 4.48. The summed E-state index contributed by atoms with van der Waals surface area (Å²) < 4.78 is 6.48. The lowest BCUT2D eigenvalue weighted by molar-refractivity contribution is -0.116. The molecule has 1 N–H and O–H groups in total. The number of ether oxygens (including phenoxy) is 1. The first-order valence-electron chi connectivity index (χ1n) is 8.59. The number of thioether (sulfide) groups is 1. The number of benzene rings is 1. The monoisotopic (exact) mass is 377 g/mol. The molecule has 0 aromatic heterocycles. The molecule has 1 unspecified atom stereocenters. The highest BCUT2D eigenvalue weighted by molar-refractivity contribution is 8.22. The van der Waals surface area contributed by atoms with E-state index in [2.05, 4.69) is 52.1 Å². The Hall–Kier alpha value is -1.33. The smallest absolute Gasteiger partial charge is 0.256 e. The van der Waals surface area contributed by atoms with Gasteiger partial charge in [0.15, 0.2) is 0 Å². The van der Waals surface area contributed by atoms with Crippen molar-refractivity contribution < 1.29 is 9.53 Å². The molecular weight excluding hydrogens is 350 g/mol. The van der Waals surface area contributed by atoms with Crippen LogP contribution in [0.15, 0.2) is 17.9 Å². The predicted molar refractivity (Wildman–Crippen MR) is 111 cm³/mol. The lowest BCUT2D eigenvalue weighted by atomic mass is 9.84. The van der Waals surface area contributed by atoms with E-state index in [4.69, 9.17) is 17.0 Å². The summed E-state index contributed by atoms with van der Waals surface area (Å²) in [5, 5.41) is 3.14. The van der Waals surface area contributed by atoms with E-state index in [0.29, 0.717) is 15.7 Å². The van der Waals surface area contributed by atoms with Crippen molar-refractivity contribution in [2.45, 2.75) is 53.5 Å². The summed E-state index contributed by atoms with van der Waals surface area (Å²) in [5.74, 6) is 0.731. The summed E-state index contributed by atoms with van der Waals surface area (Å²) in [6.07, 6.45) is 2.74. The van der Waals surface area contributed by atoms with E-state index in [9.17, 15) is 4.79 Å². The van der Waals surface area contributed by atoms with Crippen LogP contribution in [0.25, 0.3) is 5.57 Å². The molecule has 0 saturated carbocycles. The first-order valence-corrected chi connectivity index (χ1v) is 10.2. The number of hydrogen-bond acceptors (Lipinski definition) is 4. The summed E-state index contributed by atoms with van der Waals surface area (Å²) in [7, 11) is 0. The van der Waals surface area contributed by atoms with Crippen molar-refractivity contribution in [2.75, 3.05) is 6.26 Å². The van der Waals surface area contributed by atoms with Crippen LogP contribution in [0.3, 0.4) is 0 Å². The van der Waals surface area contributed by atoms with Gasteiger partial charge in [-0.2, -0.15) is 0 Å². The van der Waals surface area contributed by atoms with Gasteiger partial charge in [0.2, 0.25) is 4.38 Å². The number of thiocarbonyl (C=S) groups is 1. The Morgan fingerprint density at radius 1 is 1.36 bits per heavy atom. The van der Waals surface area contributed by atoms with Crippen LogP contribution in [0.4, 0.5) is 0 Å². The number of aryl methyl sites for hydroxylation is 3. The van der Waals surface area contributed by atoms with E-state index in [0.717, 1.165) is 23.1 Å². The van der Waals surface area contributed by atoms with Crippen LogP contribution in [0, 0.1) is 19.8 Å². The molecular formula is C20H27NO2S2. The molecule has 1 aliphatic heterocycles. The van der Waals surface area contributed by atoms with Crippen molar-refractivity contribution >= 4 is 39.8 Å². The summed E-state index contributed by atoms with van der Waals surface area (Å²) in [4.78, 5) is 13.0. The van der Waals surface area contributed by atoms with Crippen molar-refractivity contribution in [1.29, 1.82) is 0 Å². The predicted octanol–water partition coefficient (Wildman–Crippen LogP) is 4.79. The average molecular weight is 378 g/mol. The fourth-order valence-corrected chi connectivity index (χ4v) is 3.58. The Labute approximate surface area is 160 Å². The maximum Gasteiger partial charge on any atom is 0.256 e. The first kappa shape index (κ1) is 20.0. The lowest BCUT2D eigenvalue weighted by Crippen LogP contribution is -2.46. The van der Waals surface area contributed by atoms with Crippen molar-refractivity contribution in [3.05, 3.63) is 40.1 Å². The van der Waals surface area contributed by atoms with Crippen LogP contribution in [-0.2, 0) is 16.0 Å². The molecule has 1 amide bonds. The molecule has 25 heavy (non-hydrogen) atoms. The molecule has 1 aromatic rings. The Balaban J connectivity index is 2.79. The fourth-order valence-electron chi connectivity index (χ4n) is 3.33. The third-order valence-electron chi connectivity index (χ3n) is 5.00. The first-order chi connectivity index (χ1) is 11.7. The average Bonchev–Trinajstić information content (AvgIpc) is 2.78. The summed E-state index contributed by atoms with van der Waals surface area (Å²) in [6.45, 7) is 12.4. The molecule has 1 aliphatic rings. The van der Waals surface area contributed by atoms with Crippen LogP contribution < -0.4 is 5.32 Å². The van der Waals surface area contributed by atoms with Crippen molar-refractivity contribution in [1.82, 2.24) is 5.32 Å². The number of carbonyl (C=O) groups excluding carboxylic acids is 1. The molecule has 1 aromatic carbocycles. The van der Waals surface area contributed by atoms with Gasteiger partial charge in [0.1, 0.15) is 5.76 Å². The molecule has 0 bridgehead atoms. The second kappa shape index (κ2) is 7.50. The molecule has 0 radical (unpaired) electrons. The van der Waals surface area contributed by atoms with Crippen LogP contribution in [-0.4, -0.2) is 22.1 Å². The third-order valence-corrected chi connectivity index (χ3v) is 6.00. The molecule has 1 atom stereocenters. The minimum absolute atomic E-state index is 0.0863. The zero-order valence-electron chi connectivity index (χ0n) is 16.1. The second-order valence-electron chi connectivity index (χ2n) is 7.04. The molecule has 0 saturated heterocycles. The van der Waals surface area contributed by atoms with E-state index in [-0.39, 0.29) is 11.8 Å². The number of nitrogens with one attached hydrogen (secondary N) is 1. The highest BCUT2D eigenvalue weighted by atomic mass is 32.2. The Bertz CT molecular complexity index is 752. The zero-order valence-corrected chi connectivity index (χ0v) is 17.7. The van der Waals surface area contributed by atoms with Crippen molar-refractivity contribution in [3.63, 3.8) is 0 Å². The standard InChI is InChI=1S/C20H27NO2S2/c1-8-14-10-12(4)9-13(5)15(14)16-17(23-19(24)25-7)20(6,11(2)3)21-18(16)22/h9-11H,8H2,1-7H3,(H,21,22). The molecule has 3 nitrogen and oxygen atoms in total. The molecule has 2 rings (SSSR count). The molecule has 0 fully saturated rings. The lowest BCUT2D eigenvalue weighted by Gasteiger charge is -2.31. The van der Waals surface area contributed by atoms with Crippen LogP contribution in [0.2, 0.25) is 0 Å². The van der Waals surface area contributed by atoms with Crippen molar-refractivity contribution in [2.24, 2.45) is 5.92 Å². The molecule has 1 heterocycles. The second-order valence-corrected chi connectivity index (χ2v) is 8.45.